The van der Waals surface area contributed by atoms with Crippen LogP contribution in [0, 0.1) is 5.82 Å². The monoisotopic (exact) mass is 223 g/mol. The van der Waals surface area contributed by atoms with Gasteiger partial charge in [-0.3, -0.25) is 0 Å². The molecule has 0 saturated heterocycles. The number of halogens is 1. The molecule has 1 unspecified atom stereocenters. The second-order valence-electron chi connectivity index (χ2n) is 4.33. The molecule has 0 radical (unpaired) electrons. The maximum absolute atomic E-state index is 13.7. The van der Waals surface area contributed by atoms with Crippen LogP contribution in [0.15, 0.2) is 18.2 Å². The highest BCUT2D eigenvalue weighted by Crippen LogP contribution is 2.32. The van der Waals surface area contributed by atoms with Crippen LogP contribution in [0.1, 0.15) is 37.8 Å². The second-order valence-corrected chi connectivity index (χ2v) is 4.33. The van der Waals surface area contributed by atoms with Crippen LogP contribution in [-0.2, 0) is 0 Å². The molecule has 2 nitrogen and oxygen atoms in total. The Labute approximate surface area is 95.8 Å². The van der Waals surface area contributed by atoms with Gasteiger partial charge in [0.1, 0.15) is 11.6 Å². The minimum Gasteiger partial charge on any atom is -0.490 e. The summed E-state index contributed by atoms with van der Waals surface area (Å²) in [5.41, 5.74) is 0.636. The molecule has 1 saturated carbocycles. The van der Waals surface area contributed by atoms with E-state index in [9.17, 15) is 4.39 Å². The van der Waals surface area contributed by atoms with Crippen LogP contribution >= 0.6 is 0 Å². The molecule has 0 spiro atoms. The van der Waals surface area contributed by atoms with Crippen molar-refractivity contribution in [3.05, 3.63) is 29.6 Å². The van der Waals surface area contributed by atoms with Gasteiger partial charge < -0.3 is 10.1 Å². The van der Waals surface area contributed by atoms with Gasteiger partial charge in [0.25, 0.3) is 0 Å². The Morgan fingerprint density at radius 1 is 1.44 bits per heavy atom. The molecule has 3 heteroatoms. The average molecular weight is 223 g/mol. The third-order valence-corrected chi connectivity index (χ3v) is 3.22. The largest absolute Gasteiger partial charge is 0.490 e. The summed E-state index contributed by atoms with van der Waals surface area (Å²) in [7, 11) is 1.82. The molecule has 0 aromatic heterocycles. The fraction of sp³-hybridized carbons (Fsp3) is 0.538. The summed E-state index contributed by atoms with van der Waals surface area (Å²) >= 11 is 0. The average Bonchev–Trinajstić information content (AvgIpc) is 2.22. The Kier molecular flexibility index (Phi) is 3.44. The molecule has 1 aliphatic carbocycles. The van der Waals surface area contributed by atoms with E-state index in [1.54, 1.807) is 6.07 Å². The summed E-state index contributed by atoms with van der Waals surface area (Å²) in [6.45, 7) is 1.94. The summed E-state index contributed by atoms with van der Waals surface area (Å²) in [5.74, 6) is 0.491. The van der Waals surface area contributed by atoms with Crippen molar-refractivity contribution >= 4 is 0 Å². The van der Waals surface area contributed by atoms with Crippen molar-refractivity contribution in [2.75, 3.05) is 7.05 Å². The number of nitrogens with one attached hydrogen (secondary N) is 1. The van der Waals surface area contributed by atoms with Gasteiger partial charge in [-0.15, -0.1) is 0 Å². The van der Waals surface area contributed by atoms with Gasteiger partial charge in [0.2, 0.25) is 0 Å². The van der Waals surface area contributed by atoms with Crippen molar-refractivity contribution in [2.45, 2.75) is 38.3 Å². The Hall–Kier alpha value is -1.09. The summed E-state index contributed by atoms with van der Waals surface area (Å²) in [6, 6.07) is 5.01. The van der Waals surface area contributed by atoms with Crippen molar-refractivity contribution in [1.82, 2.24) is 5.32 Å². The molecule has 2 rings (SSSR count). The van der Waals surface area contributed by atoms with E-state index in [-0.39, 0.29) is 18.0 Å². The standard InChI is InChI=1S/C13H18FNO/c1-9(15-2)13-11(14)7-4-8-12(13)16-10-5-3-6-10/h4,7-10,15H,3,5-6H2,1-2H3. The number of benzene rings is 1. The minimum atomic E-state index is -0.196. The van der Waals surface area contributed by atoms with Gasteiger partial charge in [0.05, 0.1) is 6.10 Å². The van der Waals surface area contributed by atoms with Crippen molar-refractivity contribution < 1.29 is 9.13 Å². The topological polar surface area (TPSA) is 21.3 Å². The van der Waals surface area contributed by atoms with Crippen LogP contribution < -0.4 is 10.1 Å². The molecular formula is C13H18FNO. The Bertz CT molecular complexity index is 363. The van der Waals surface area contributed by atoms with Crippen LogP contribution in [0.4, 0.5) is 4.39 Å². The number of ether oxygens (including phenoxy) is 1. The highest BCUT2D eigenvalue weighted by molar-refractivity contribution is 5.37. The summed E-state index contributed by atoms with van der Waals surface area (Å²) in [5, 5.41) is 3.05. The van der Waals surface area contributed by atoms with Gasteiger partial charge in [-0.2, -0.15) is 0 Å². The normalized spacial score (nSPS) is 17.9. The first-order valence-electron chi connectivity index (χ1n) is 5.84. The highest BCUT2D eigenvalue weighted by Gasteiger charge is 2.22. The smallest absolute Gasteiger partial charge is 0.131 e. The van der Waals surface area contributed by atoms with Crippen molar-refractivity contribution in [2.24, 2.45) is 0 Å². The van der Waals surface area contributed by atoms with E-state index >= 15 is 0 Å². The zero-order chi connectivity index (χ0) is 11.5. The zero-order valence-electron chi connectivity index (χ0n) is 9.79. The molecule has 1 atom stereocenters. The molecule has 1 aliphatic rings. The van der Waals surface area contributed by atoms with Gasteiger partial charge in [-0.25, -0.2) is 4.39 Å². The van der Waals surface area contributed by atoms with Gasteiger partial charge >= 0.3 is 0 Å². The van der Waals surface area contributed by atoms with Gasteiger partial charge in [0.15, 0.2) is 0 Å². The Balaban J connectivity index is 2.23. The molecule has 88 valence electrons. The Morgan fingerprint density at radius 3 is 2.75 bits per heavy atom. The third kappa shape index (κ3) is 2.19. The fourth-order valence-corrected chi connectivity index (χ4v) is 1.85. The van der Waals surface area contributed by atoms with Gasteiger partial charge in [-0.1, -0.05) is 6.07 Å². The summed E-state index contributed by atoms with van der Waals surface area (Å²) < 4.78 is 19.5. The molecule has 1 fully saturated rings. The van der Waals surface area contributed by atoms with Gasteiger partial charge in [-0.05, 0) is 45.4 Å². The predicted molar refractivity (Wildman–Crippen MR) is 62.1 cm³/mol. The quantitative estimate of drug-likeness (QED) is 0.847. The molecular weight excluding hydrogens is 205 g/mol. The molecule has 0 bridgehead atoms. The summed E-state index contributed by atoms with van der Waals surface area (Å²) in [6.07, 6.45) is 3.68. The second kappa shape index (κ2) is 4.83. The van der Waals surface area contributed by atoms with Crippen LogP contribution in [0.2, 0.25) is 0 Å². The fourth-order valence-electron chi connectivity index (χ4n) is 1.85. The third-order valence-electron chi connectivity index (χ3n) is 3.22. The van der Waals surface area contributed by atoms with E-state index in [1.807, 2.05) is 20.0 Å². The number of hydrogen-bond donors (Lipinski definition) is 1. The number of hydrogen-bond acceptors (Lipinski definition) is 2. The van der Waals surface area contributed by atoms with Crippen LogP contribution in [-0.4, -0.2) is 13.2 Å². The van der Waals surface area contributed by atoms with Crippen molar-refractivity contribution in [3.8, 4) is 5.75 Å². The van der Waals surface area contributed by atoms with E-state index in [0.717, 1.165) is 12.8 Å². The zero-order valence-corrected chi connectivity index (χ0v) is 9.79. The lowest BCUT2D eigenvalue weighted by Gasteiger charge is -2.28. The lowest BCUT2D eigenvalue weighted by Crippen LogP contribution is -2.26. The maximum Gasteiger partial charge on any atom is 0.131 e. The maximum atomic E-state index is 13.7. The van der Waals surface area contributed by atoms with E-state index in [4.69, 9.17) is 4.74 Å². The first-order chi connectivity index (χ1) is 7.72. The molecule has 1 aromatic carbocycles. The predicted octanol–water partition coefficient (Wildman–Crippen LogP) is 3.04. The van der Waals surface area contributed by atoms with Crippen LogP contribution in [0.3, 0.4) is 0 Å². The first kappa shape index (κ1) is 11.4. The van der Waals surface area contributed by atoms with E-state index < -0.39 is 0 Å². The SMILES string of the molecule is CNC(C)c1c(F)cccc1OC1CCC1. The van der Waals surface area contributed by atoms with Crippen LogP contribution in [0.5, 0.6) is 5.75 Å². The van der Waals surface area contributed by atoms with Crippen molar-refractivity contribution in [1.29, 1.82) is 0 Å². The first-order valence-corrected chi connectivity index (χ1v) is 5.84. The summed E-state index contributed by atoms with van der Waals surface area (Å²) in [4.78, 5) is 0. The number of rotatable bonds is 4. The van der Waals surface area contributed by atoms with E-state index in [0.29, 0.717) is 11.3 Å². The minimum absolute atomic E-state index is 0.0312. The molecule has 0 aliphatic heterocycles. The molecule has 16 heavy (non-hydrogen) atoms. The lowest BCUT2D eigenvalue weighted by atomic mass is 9.96. The van der Waals surface area contributed by atoms with Crippen molar-refractivity contribution in [3.63, 3.8) is 0 Å². The highest BCUT2D eigenvalue weighted by atomic mass is 19.1. The molecule has 1 aromatic rings. The van der Waals surface area contributed by atoms with Crippen LogP contribution in [0.25, 0.3) is 0 Å². The van der Waals surface area contributed by atoms with Gasteiger partial charge in [0, 0.05) is 11.6 Å². The molecule has 1 N–H and O–H groups in total. The Morgan fingerprint density at radius 2 is 2.19 bits per heavy atom. The molecule has 0 heterocycles. The van der Waals surface area contributed by atoms with E-state index in [1.165, 1.54) is 12.5 Å². The molecule has 0 amide bonds. The lowest BCUT2D eigenvalue weighted by molar-refractivity contribution is 0.118. The van der Waals surface area contributed by atoms with E-state index in [2.05, 4.69) is 5.32 Å².